The average Bonchev–Trinajstić information content (AvgIpc) is 2.84. The molecule has 4 rings (SSSR count). The molecule has 2 aliphatic rings. The SMILES string of the molecule is Cc1cc2c(cc1S(=O)(=O)N1CCC[C@H](C(=O)NCc3ccc(OC(C)C)cc3)C1)O[C@H](C)C(=O)N2. The summed E-state index contributed by atoms with van der Waals surface area (Å²) in [6.45, 7) is 8.02. The molecule has 0 aliphatic carbocycles. The first-order chi connectivity index (χ1) is 17.0. The van der Waals surface area contributed by atoms with Gasteiger partial charge in [-0.25, -0.2) is 8.42 Å². The van der Waals surface area contributed by atoms with Crippen LogP contribution in [0.1, 0.15) is 44.7 Å². The number of anilines is 1. The van der Waals surface area contributed by atoms with Gasteiger partial charge in [0.25, 0.3) is 5.91 Å². The lowest BCUT2D eigenvalue weighted by atomic mass is 9.99. The van der Waals surface area contributed by atoms with Crippen LogP contribution in [0, 0.1) is 12.8 Å². The number of nitrogens with one attached hydrogen (secondary N) is 2. The van der Waals surface area contributed by atoms with Crippen LogP contribution in [0.25, 0.3) is 0 Å². The van der Waals surface area contributed by atoms with Crippen molar-refractivity contribution in [2.45, 2.75) is 64.2 Å². The van der Waals surface area contributed by atoms with E-state index in [0.29, 0.717) is 42.9 Å². The van der Waals surface area contributed by atoms with Gasteiger partial charge in [0.2, 0.25) is 15.9 Å². The second kappa shape index (κ2) is 10.5. The van der Waals surface area contributed by atoms with Crippen LogP contribution in [-0.2, 0) is 26.2 Å². The number of hydrogen-bond acceptors (Lipinski definition) is 6. The Labute approximate surface area is 212 Å². The Hall–Kier alpha value is -3.11. The third-order valence-corrected chi connectivity index (χ3v) is 8.35. The van der Waals surface area contributed by atoms with Crippen molar-refractivity contribution < 1.29 is 27.5 Å². The number of aryl methyl sites for hydroxylation is 1. The highest BCUT2D eigenvalue weighted by atomic mass is 32.2. The van der Waals surface area contributed by atoms with E-state index in [1.54, 1.807) is 19.9 Å². The van der Waals surface area contributed by atoms with Gasteiger partial charge in [0.1, 0.15) is 11.5 Å². The number of sulfonamides is 1. The smallest absolute Gasteiger partial charge is 0.265 e. The first kappa shape index (κ1) is 26.0. The number of nitrogens with zero attached hydrogens (tertiary/aromatic N) is 1. The van der Waals surface area contributed by atoms with E-state index in [9.17, 15) is 18.0 Å². The van der Waals surface area contributed by atoms with Gasteiger partial charge in [-0.1, -0.05) is 12.1 Å². The topological polar surface area (TPSA) is 114 Å². The zero-order valence-corrected chi connectivity index (χ0v) is 21.9. The van der Waals surface area contributed by atoms with Gasteiger partial charge in [0.05, 0.1) is 22.6 Å². The summed E-state index contributed by atoms with van der Waals surface area (Å²) in [4.78, 5) is 24.9. The maximum atomic E-state index is 13.5. The molecule has 1 fully saturated rings. The third kappa shape index (κ3) is 5.65. The Morgan fingerprint density at radius 1 is 1.25 bits per heavy atom. The van der Waals surface area contributed by atoms with Crippen LogP contribution in [-0.4, -0.2) is 49.8 Å². The molecule has 2 aliphatic heterocycles. The summed E-state index contributed by atoms with van der Waals surface area (Å²) in [5, 5.41) is 5.68. The number of hydrogen-bond donors (Lipinski definition) is 2. The largest absolute Gasteiger partial charge is 0.491 e. The zero-order valence-electron chi connectivity index (χ0n) is 21.0. The molecule has 0 radical (unpaired) electrons. The number of rotatable bonds is 7. The van der Waals surface area contributed by atoms with Gasteiger partial charge in [-0.3, -0.25) is 9.59 Å². The van der Waals surface area contributed by atoms with E-state index in [1.807, 2.05) is 38.1 Å². The van der Waals surface area contributed by atoms with Crippen LogP contribution in [0.5, 0.6) is 11.5 Å². The van der Waals surface area contributed by atoms with Crippen LogP contribution in [0.3, 0.4) is 0 Å². The van der Waals surface area contributed by atoms with Crippen molar-refractivity contribution in [2.75, 3.05) is 18.4 Å². The average molecular weight is 516 g/mol. The van der Waals surface area contributed by atoms with E-state index in [-0.39, 0.29) is 29.4 Å². The summed E-state index contributed by atoms with van der Waals surface area (Å²) in [5.41, 5.74) is 1.89. The second-order valence-electron chi connectivity index (χ2n) is 9.59. The van der Waals surface area contributed by atoms with Crippen LogP contribution in [0.15, 0.2) is 41.3 Å². The summed E-state index contributed by atoms with van der Waals surface area (Å²) >= 11 is 0. The molecule has 36 heavy (non-hydrogen) atoms. The summed E-state index contributed by atoms with van der Waals surface area (Å²) in [5.74, 6) is 0.211. The molecule has 0 bridgehead atoms. The highest BCUT2D eigenvalue weighted by Crippen LogP contribution is 2.36. The van der Waals surface area contributed by atoms with Gasteiger partial charge in [-0.15, -0.1) is 0 Å². The predicted octanol–water partition coefficient (Wildman–Crippen LogP) is 3.22. The molecule has 2 aromatic rings. The summed E-state index contributed by atoms with van der Waals surface area (Å²) in [6.07, 6.45) is 0.585. The lowest BCUT2D eigenvalue weighted by Gasteiger charge is -2.32. The normalized spacial score (nSPS) is 20.3. The second-order valence-corrected chi connectivity index (χ2v) is 11.5. The van der Waals surface area contributed by atoms with E-state index in [0.717, 1.165) is 11.3 Å². The van der Waals surface area contributed by atoms with Crippen molar-refractivity contribution in [3.63, 3.8) is 0 Å². The fourth-order valence-corrected chi connectivity index (χ4v) is 6.17. The minimum Gasteiger partial charge on any atom is -0.491 e. The molecule has 0 aromatic heterocycles. The van der Waals surface area contributed by atoms with Crippen molar-refractivity contribution in [1.82, 2.24) is 9.62 Å². The molecule has 2 atom stereocenters. The van der Waals surface area contributed by atoms with Gasteiger partial charge in [0.15, 0.2) is 6.10 Å². The number of ether oxygens (including phenoxy) is 2. The number of carbonyl (C=O) groups excluding carboxylic acids is 2. The zero-order chi connectivity index (χ0) is 26.0. The Morgan fingerprint density at radius 2 is 1.97 bits per heavy atom. The summed E-state index contributed by atoms with van der Waals surface area (Å²) in [6, 6.07) is 10.6. The molecule has 194 valence electrons. The highest BCUT2D eigenvalue weighted by Gasteiger charge is 2.35. The van der Waals surface area contributed by atoms with E-state index in [2.05, 4.69) is 10.6 Å². The molecular weight excluding hydrogens is 482 g/mol. The fraction of sp³-hybridized carbons (Fsp3) is 0.462. The number of carbonyl (C=O) groups is 2. The Balaban J connectivity index is 1.42. The molecule has 2 N–H and O–H groups in total. The van der Waals surface area contributed by atoms with Gasteiger partial charge >= 0.3 is 0 Å². The standard InChI is InChI=1S/C26H33N3O6S/c1-16(2)34-21-9-7-19(8-10-21)14-27-26(31)20-6-5-11-29(15-20)36(32,33)24-13-23-22(12-17(24)3)28-25(30)18(4)35-23/h7-10,12-13,16,18,20H,5-6,11,14-15H2,1-4H3,(H,27,31)(H,28,30)/t18-,20+/m1/s1. The lowest BCUT2D eigenvalue weighted by molar-refractivity contribution is -0.126. The Bertz CT molecular complexity index is 1240. The van der Waals surface area contributed by atoms with Crippen LogP contribution >= 0.6 is 0 Å². The highest BCUT2D eigenvalue weighted by molar-refractivity contribution is 7.89. The minimum absolute atomic E-state index is 0.0862. The molecule has 10 heteroatoms. The van der Waals surface area contributed by atoms with Crippen molar-refractivity contribution in [3.05, 3.63) is 47.5 Å². The first-order valence-corrected chi connectivity index (χ1v) is 13.6. The third-order valence-electron chi connectivity index (χ3n) is 6.34. The lowest BCUT2D eigenvalue weighted by Crippen LogP contribution is -2.45. The number of benzene rings is 2. The van der Waals surface area contributed by atoms with Crippen molar-refractivity contribution >= 4 is 27.5 Å². The molecule has 1 saturated heterocycles. The van der Waals surface area contributed by atoms with Gasteiger partial charge in [-0.05, 0) is 69.9 Å². The van der Waals surface area contributed by atoms with Crippen LogP contribution < -0.4 is 20.1 Å². The minimum atomic E-state index is -3.86. The molecule has 9 nitrogen and oxygen atoms in total. The molecule has 2 aromatic carbocycles. The first-order valence-electron chi connectivity index (χ1n) is 12.2. The maximum Gasteiger partial charge on any atom is 0.265 e. The number of amides is 2. The van der Waals surface area contributed by atoms with Gasteiger partial charge < -0.3 is 20.1 Å². The van der Waals surface area contributed by atoms with Crippen molar-refractivity contribution in [2.24, 2.45) is 5.92 Å². The Morgan fingerprint density at radius 3 is 2.67 bits per heavy atom. The molecule has 2 amide bonds. The predicted molar refractivity (Wildman–Crippen MR) is 135 cm³/mol. The van der Waals surface area contributed by atoms with Crippen molar-refractivity contribution in [3.8, 4) is 11.5 Å². The maximum absolute atomic E-state index is 13.5. The molecule has 2 heterocycles. The van der Waals surface area contributed by atoms with Crippen LogP contribution in [0.4, 0.5) is 5.69 Å². The van der Waals surface area contributed by atoms with Crippen molar-refractivity contribution in [1.29, 1.82) is 0 Å². The van der Waals surface area contributed by atoms with E-state index < -0.39 is 22.0 Å². The van der Waals surface area contributed by atoms with Gasteiger partial charge in [0, 0.05) is 25.7 Å². The molecule has 0 spiro atoms. The molecular formula is C26H33N3O6S. The van der Waals surface area contributed by atoms with E-state index >= 15 is 0 Å². The number of fused-ring (bicyclic) bond motifs is 1. The fourth-order valence-electron chi connectivity index (χ4n) is 4.43. The summed E-state index contributed by atoms with van der Waals surface area (Å²) < 4.78 is 39.7. The molecule has 0 saturated carbocycles. The van der Waals surface area contributed by atoms with Gasteiger partial charge in [-0.2, -0.15) is 4.31 Å². The van der Waals surface area contributed by atoms with E-state index in [1.165, 1.54) is 10.4 Å². The number of piperidine rings is 1. The van der Waals surface area contributed by atoms with E-state index in [4.69, 9.17) is 9.47 Å². The molecule has 0 unspecified atom stereocenters. The summed E-state index contributed by atoms with van der Waals surface area (Å²) in [7, 11) is -3.86. The van der Waals surface area contributed by atoms with Crippen LogP contribution in [0.2, 0.25) is 0 Å². The quantitative estimate of drug-likeness (QED) is 0.585. The monoisotopic (exact) mass is 515 g/mol. The Kier molecular flexibility index (Phi) is 7.56.